The number of carbonyl (C=O) groups excluding carboxylic acids is 2. The van der Waals surface area contributed by atoms with Gasteiger partial charge in [-0.15, -0.1) is 0 Å². The van der Waals surface area contributed by atoms with E-state index in [0.29, 0.717) is 41.7 Å². The first kappa shape index (κ1) is 18.2. The summed E-state index contributed by atoms with van der Waals surface area (Å²) < 4.78 is 17.2. The summed E-state index contributed by atoms with van der Waals surface area (Å²) in [5.74, 6) is 1.30. The van der Waals surface area contributed by atoms with Crippen LogP contribution in [0.25, 0.3) is 0 Å². The molecule has 0 fully saturated rings. The second kappa shape index (κ2) is 7.42. The first-order valence-corrected chi connectivity index (χ1v) is 9.23. The Balaban J connectivity index is 1.68. The number of para-hydroxylation sites is 2. The zero-order chi connectivity index (χ0) is 19.7. The van der Waals surface area contributed by atoms with Crippen molar-refractivity contribution in [3.8, 4) is 17.2 Å². The fourth-order valence-corrected chi connectivity index (χ4v) is 3.30. The number of amides is 2. The Morgan fingerprint density at radius 1 is 1.00 bits per heavy atom. The predicted molar refractivity (Wildman–Crippen MR) is 103 cm³/mol. The average Bonchev–Trinajstić information content (AvgIpc) is 2.96. The molecule has 0 N–H and O–H groups in total. The third-order valence-electron chi connectivity index (χ3n) is 4.73. The molecule has 7 nitrogen and oxygen atoms in total. The molecule has 0 aromatic heterocycles. The van der Waals surface area contributed by atoms with Gasteiger partial charge in [0.15, 0.2) is 17.6 Å². The third-order valence-corrected chi connectivity index (χ3v) is 4.73. The van der Waals surface area contributed by atoms with Crippen molar-refractivity contribution in [2.75, 3.05) is 38.8 Å². The number of anilines is 1. The molecule has 0 saturated heterocycles. The van der Waals surface area contributed by atoms with Gasteiger partial charge < -0.3 is 24.0 Å². The average molecular weight is 382 g/mol. The van der Waals surface area contributed by atoms with Crippen LogP contribution in [0.1, 0.15) is 16.8 Å². The zero-order valence-electron chi connectivity index (χ0n) is 15.9. The van der Waals surface area contributed by atoms with E-state index in [9.17, 15) is 9.59 Å². The summed E-state index contributed by atoms with van der Waals surface area (Å²) in [6.07, 6.45) is 0.0395. The van der Waals surface area contributed by atoms with Crippen LogP contribution in [0.3, 0.4) is 0 Å². The summed E-state index contributed by atoms with van der Waals surface area (Å²) in [7, 11) is 3.34. The van der Waals surface area contributed by atoms with Crippen molar-refractivity contribution in [3.63, 3.8) is 0 Å². The molecule has 7 heteroatoms. The van der Waals surface area contributed by atoms with E-state index >= 15 is 0 Å². The van der Waals surface area contributed by atoms with Crippen molar-refractivity contribution in [3.05, 3.63) is 48.0 Å². The topological polar surface area (TPSA) is 68.3 Å². The molecule has 2 heterocycles. The monoisotopic (exact) mass is 382 g/mol. The maximum Gasteiger partial charge on any atom is 0.265 e. The van der Waals surface area contributed by atoms with Gasteiger partial charge in [-0.1, -0.05) is 12.1 Å². The smallest absolute Gasteiger partial charge is 0.265 e. The van der Waals surface area contributed by atoms with Crippen LogP contribution < -0.4 is 19.1 Å². The maximum atomic E-state index is 13.3. The molecular weight excluding hydrogens is 360 g/mol. The van der Waals surface area contributed by atoms with Crippen molar-refractivity contribution in [2.24, 2.45) is 0 Å². The van der Waals surface area contributed by atoms with E-state index < -0.39 is 6.10 Å². The lowest BCUT2D eigenvalue weighted by Crippen LogP contribution is -2.50. The lowest BCUT2D eigenvalue weighted by molar-refractivity contribution is -0.135. The SMILES string of the molecule is CN(C)C(=O)C1CN(C(=O)c2ccc3c(c2)OCCCO3)c2ccccc2O1. The van der Waals surface area contributed by atoms with Gasteiger partial charge in [0, 0.05) is 26.1 Å². The van der Waals surface area contributed by atoms with E-state index in [1.807, 2.05) is 18.2 Å². The molecule has 0 aliphatic carbocycles. The van der Waals surface area contributed by atoms with Crippen LogP contribution >= 0.6 is 0 Å². The fraction of sp³-hybridized carbons (Fsp3) is 0.333. The molecule has 0 saturated carbocycles. The van der Waals surface area contributed by atoms with Crippen LogP contribution in [-0.2, 0) is 4.79 Å². The molecule has 2 amide bonds. The van der Waals surface area contributed by atoms with Crippen LogP contribution in [0.15, 0.2) is 42.5 Å². The highest BCUT2D eigenvalue weighted by Gasteiger charge is 2.35. The summed E-state index contributed by atoms with van der Waals surface area (Å²) in [4.78, 5) is 28.8. The fourth-order valence-electron chi connectivity index (χ4n) is 3.30. The van der Waals surface area contributed by atoms with Gasteiger partial charge in [-0.3, -0.25) is 9.59 Å². The van der Waals surface area contributed by atoms with Crippen molar-refractivity contribution < 1.29 is 23.8 Å². The number of hydrogen-bond donors (Lipinski definition) is 0. The van der Waals surface area contributed by atoms with Gasteiger partial charge in [-0.05, 0) is 30.3 Å². The lowest BCUT2D eigenvalue weighted by atomic mass is 10.1. The van der Waals surface area contributed by atoms with Gasteiger partial charge in [0.25, 0.3) is 11.8 Å². The minimum atomic E-state index is -0.755. The van der Waals surface area contributed by atoms with Crippen LogP contribution in [0, 0.1) is 0 Å². The highest BCUT2D eigenvalue weighted by Crippen LogP contribution is 2.36. The van der Waals surface area contributed by atoms with Crippen LogP contribution in [-0.4, -0.2) is 56.7 Å². The first-order chi connectivity index (χ1) is 13.5. The van der Waals surface area contributed by atoms with E-state index in [2.05, 4.69) is 0 Å². The number of benzene rings is 2. The Bertz CT molecular complexity index is 911. The molecule has 4 rings (SSSR count). The Kier molecular flexibility index (Phi) is 4.81. The van der Waals surface area contributed by atoms with E-state index in [1.165, 1.54) is 4.90 Å². The maximum absolute atomic E-state index is 13.3. The third kappa shape index (κ3) is 3.35. The zero-order valence-corrected chi connectivity index (χ0v) is 15.9. The van der Waals surface area contributed by atoms with E-state index in [-0.39, 0.29) is 18.4 Å². The van der Waals surface area contributed by atoms with Crippen molar-refractivity contribution in [1.29, 1.82) is 0 Å². The van der Waals surface area contributed by atoms with Gasteiger partial charge in [0.1, 0.15) is 5.75 Å². The van der Waals surface area contributed by atoms with Crippen molar-refractivity contribution in [2.45, 2.75) is 12.5 Å². The standard InChI is InChI=1S/C21H22N2O5/c1-22(2)21(25)19-13-23(15-6-3-4-7-16(15)28-19)20(24)14-8-9-17-18(12-14)27-11-5-10-26-17/h3-4,6-9,12,19H,5,10-11,13H2,1-2H3. The molecule has 2 aromatic carbocycles. The highest BCUT2D eigenvalue weighted by atomic mass is 16.5. The number of hydrogen-bond acceptors (Lipinski definition) is 5. The predicted octanol–water partition coefficient (Wildman–Crippen LogP) is 2.34. The lowest BCUT2D eigenvalue weighted by Gasteiger charge is -2.35. The second-order valence-corrected chi connectivity index (χ2v) is 6.93. The quantitative estimate of drug-likeness (QED) is 0.798. The Hall–Kier alpha value is -3.22. The van der Waals surface area contributed by atoms with Gasteiger partial charge >= 0.3 is 0 Å². The van der Waals surface area contributed by atoms with E-state index in [0.717, 1.165) is 6.42 Å². The number of fused-ring (bicyclic) bond motifs is 2. The number of rotatable bonds is 2. The molecule has 2 aliphatic heterocycles. The van der Waals surface area contributed by atoms with E-state index in [1.54, 1.807) is 43.3 Å². The highest BCUT2D eigenvalue weighted by molar-refractivity contribution is 6.08. The summed E-state index contributed by atoms with van der Waals surface area (Å²) in [6, 6.07) is 12.4. The Morgan fingerprint density at radius 2 is 1.75 bits per heavy atom. The molecule has 146 valence electrons. The number of carbonyl (C=O) groups is 2. The van der Waals surface area contributed by atoms with Crippen molar-refractivity contribution >= 4 is 17.5 Å². The summed E-state index contributed by atoms with van der Waals surface area (Å²) in [5.41, 5.74) is 1.11. The molecule has 0 bridgehead atoms. The van der Waals surface area contributed by atoms with Gasteiger partial charge in [0.2, 0.25) is 0 Å². The number of nitrogens with zero attached hydrogens (tertiary/aromatic N) is 2. The molecule has 28 heavy (non-hydrogen) atoms. The minimum Gasteiger partial charge on any atom is -0.490 e. The molecule has 1 atom stereocenters. The number of ether oxygens (including phenoxy) is 3. The Morgan fingerprint density at radius 3 is 2.54 bits per heavy atom. The van der Waals surface area contributed by atoms with Gasteiger partial charge in [0.05, 0.1) is 25.4 Å². The molecule has 2 aromatic rings. The molecule has 2 aliphatic rings. The second-order valence-electron chi connectivity index (χ2n) is 6.93. The van der Waals surface area contributed by atoms with E-state index in [4.69, 9.17) is 14.2 Å². The van der Waals surface area contributed by atoms with Gasteiger partial charge in [-0.25, -0.2) is 0 Å². The first-order valence-electron chi connectivity index (χ1n) is 9.23. The van der Waals surface area contributed by atoms with Crippen LogP contribution in [0.5, 0.6) is 17.2 Å². The minimum absolute atomic E-state index is 0.140. The largest absolute Gasteiger partial charge is 0.490 e. The van der Waals surface area contributed by atoms with Crippen LogP contribution in [0.4, 0.5) is 5.69 Å². The molecule has 0 spiro atoms. The van der Waals surface area contributed by atoms with Gasteiger partial charge in [-0.2, -0.15) is 0 Å². The molecule has 0 radical (unpaired) electrons. The summed E-state index contributed by atoms with van der Waals surface area (Å²) in [5, 5.41) is 0. The van der Waals surface area contributed by atoms with Crippen LogP contribution in [0.2, 0.25) is 0 Å². The molecule has 1 unspecified atom stereocenters. The number of likely N-dealkylation sites (N-methyl/N-ethyl adjacent to an activating group) is 1. The summed E-state index contributed by atoms with van der Waals surface area (Å²) >= 11 is 0. The summed E-state index contributed by atoms with van der Waals surface area (Å²) in [6.45, 7) is 1.28. The normalized spacial score (nSPS) is 17.8. The Labute approximate surface area is 163 Å². The van der Waals surface area contributed by atoms with Crippen molar-refractivity contribution in [1.82, 2.24) is 4.90 Å². The molecular formula is C21H22N2O5.